The van der Waals surface area contributed by atoms with E-state index < -0.39 is 0 Å². The van der Waals surface area contributed by atoms with Gasteiger partial charge in [0, 0.05) is 36.0 Å². The molecule has 0 saturated heterocycles. The van der Waals surface area contributed by atoms with Crippen LogP contribution < -0.4 is 11.1 Å². The van der Waals surface area contributed by atoms with Gasteiger partial charge in [0.15, 0.2) is 0 Å². The molecule has 0 radical (unpaired) electrons. The number of carbonyl (C=O) groups excluding carboxylic acids is 1. The van der Waals surface area contributed by atoms with Crippen molar-refractivity contribution in [2.45, 2.75) is 26.3 Å². The Balaban J connectivity index is 0.00000200. The van der Waals surface area contributed by atoms with Gasteiger partial charge >= 0.3 is 0 Å². The molecular formula is C12H18Cl2N4OS2. The minimum atomic E-state index is -0.150. The van der Waals surface area contributed by atoms with E-state index in [4.69, 9.17) is 5.73 Å². The fourth-order valence-corrected chi connectivity index (χ4v) is 3.03. The van der Waals surface area contributed by atoms with E-state index in [1.54, 1.807) is 16.7 Å². The molecule has 118 valence electrons. The monoisotopic (exact) mass is 368 g/mol. The van der Waals surface area contributed by atoms with E-state index in [1.807, 2.05) is 6.20 Å². The molecule has 0 aliphatic rings. The van der Waals surface area contributed by atoms with Crippen LogP contribution in [-0.4, -0.2) is 22.4 Å². The van der Waals surface area contributed by atoms with E-state index in [9.17, 15) is 4.79 Å². The van der Waals surface area contributed by atoms with E-state index >= 15 is 0 Å². The molecule has 0 aliphatic carbocycles. The number of rotatable bonds is 6. The van der Waals surface area contributed by atoms with Gasteiger partial charge in [-0.25, -0.2) is 9.97 Å². The maximum Gasteiger partial charge on any atom is 0.270 e. The summed E-state index contributed by atoms with van der Waals surface area (Å²) >= 11 is 3.10. The number of thiazole rings is 2. The number of hydrogen-bond donors (Lipinski definition) is 2. The molecule has 0 aliphatic heterocycles. The van der Waals surface area contributed by atoms with Gasteiger partial charge in [-0.15, -0.1) is 47.5 Å². The average Bonchev–Trinajstić information content (AvgIpc) is 3.07. The Morgan fingerprint density at radius 1 is 1.38 bits per heavy atom. The van der Waals surface area contributed by atoms with Gasteiger partial charge in [-0.3, -0.25) is 4.79 Å². The lowest BCUT2D eigenvalue weighted by molar-refractivity contribution is 0.0949. The second kappa shape index (κ2) is 10.1. The van der Waals surface area contributed by atoms with Gasteiger partial charge in [0.1, 0.15) is 10.7 Å². The molecule has 0 aromatic carbocycles. The Hall–Kier alpha value is -0.730. The minimum absolute atomic E-state index is 0. The fourth-order valence-electron chi connectivity index (χ4n) is 1.51. The number of nitrogens with one attached hydrogen (secondary N) is 1. The molecule has 3 N–H and O–H groups in total. The van der Waals surface area contributed by atoms with Crippen LogP contribution in [0.4, 0.5) is 0 Å². The summed E-state index contributed by atoms with van der Waals surface area (Å²) in [7, 11) is 0. The van der Waals surface area contributed by atoms with Crippen molar-refractivity contribution in [1.82, 2.24) is 15.3 Å². The van der Waals surface area contributed by atoms with E-state index in [0.29, 0.717) is 18.8 Å². The molecule has 0 bridgehead atoms. The first-order valence-electron chi connectivity index (χ1n) is 6.09. The van der Waals surface area contributed by atoms with Crippen LogP contribution in [0, 0.1) is 0 Å². The van der Waals surface area contributed by atoms with Gasteiger partial charge in [-0.2, -0.15) is 0 Å². The third kappa shape index (κ3) is 5.88. The summed E-state index contributed by atoms with van der Waals surface area (Å²) in [5, 5.41) is 6.40. The topological polar surface area (TPSA) is 80.9 Å². The molecule has 21 heavy (non-hydrogen) atoms. The van der Waals surface area contributed by atoms with Crippen molar-refractivity contribution in [2.75, 3.05) is 6.54 Å². The highest BCUT2D eigenvalue weighted by molar-refractivity contribution is 7.11. The van der Waals surface area contributed by atoms with E-state index in [2.05, 4.69) is 22.2 Å². The number of nitrogens with zero attached hydrogens (tertiary/aromatic N) is 2. The molecule has 2 heterocycles. The zero-order valence-corrected chi connectivity index (χ0v) is 14.8. The quantitative estimate of drug-likeness (QED) is 0.820. The van der Waals surface area contributed by atoms with Crippen molar-refractivity contribution in [2.24, 2.45) is 5.73 Å². The summed E-state index contributed by atoms with van der Waals surface area (Å²) < 4.78 is 0. The standard InChI is InChI=1S/C12H16N4OS2.2ClH/c1-2-8-6-15-10(19-8)3-4-14-12(17)9-7-18-11(5-13)16-9;;/h6-7H,2-5,13H2,1H3,(H,14,17);2*1H. The van der Waals surface area contributed by atoms with E-state index in [1.165, 1.54) is 16.2 Å². The number of aromatic nitrogens is 2. The molecule has 1 amide bonds. The van der Waals surface area contributed by atoms with Crippen molar-refractivity contribution < 1.29 is 4.79 Å². The third-order valence-corrected chi connectivity index (χ3v) is 4.61. The normalized spacial score (nSPS) is 9.62. The lowest BCUT2D eigenvalue weighted by Gasteiger charge is -2.00. The number of amides is 1. The first-order chi connectivity index (χ1) is 9.22. The van der Waals surface area contributed by atoms with Gasteiger partial charge in [-0.05, 0) is 6.42 Å². The van der Waals surface area contributed by atoms with Crippen molar-refractivity contribution in [3.63, 3.8) is 0 Å². The lowest BCUT2D eigenvalue weighted by atomic mass is 10.4. The molecular weight excluding hydrogens is 351 g/mol. The smallest absolute Gasteiger partial charge is 0.270 e. The second-order valence-electron chi connectivity index (χ2n) is 3.91. The predicted molar refractivity (Wildman–Crippen MR) is 92.0 cm³/mol. The summed E-state index contributed by atoms with van der Waals surface area (Å²) in [4.78, 5) is 21.5. The summed E-state index contributed by atoms with van der Waals surface area (Å²) in [5.41, 5.74) is 5.91. The Labute approximate surface area is 144 Å². The number of halogens is 2. The molecule has 2 rings (SSSR count). The second-order valence-corrected chi connectivity index (χ2v) is 6.05. The summed E-state index contributed by atoms with van der Waals surface area (Å²) in [6, 6.07) is 0. The zero-order chi connectivity index (χ0) is 13.7. The number of carbonyl (C=O) groups is 1. The van der Waals surface area contributed by atoms with Crippen LogP contribution in [0.15, 0.2) is 11.6 Å². The number of hydrogen-bond acceptors (Lipinski definition) is 6. The first kappa shape index (κ1) is 20.3. The zero-order valence-electron chi connectivity index (χ0n) is 11.5. The van der Waals surface area contributed by atoms with Crippen molar-refractivity contribution >= 4 is 53.4 Å². The fraction of sp³-hybridized carbons (Fsp3) is 0.417. The van der Waals surface area contributed by atoms with Crippen LogP contribution in [0.25, 0.3) is 0 Å². The van der Waals surface area contributed by atoms with Crippen LogP contribution in [0.3, 0.4) is 0 Å². The molecule has 9 heteroatoms. The van der Waals surface area contributed by atoms with Gasteiger partial charge in [0.25, 0.3) is 5.91 Å². The van der Waals surface area contributed by atoms with Crippen LogP contribution in [0.2, 0.25) is 0 Å². The third-order valence-electron chi connectivity index (χ3n) is 2.53. The number of aryl methyl sites for hydroxylation is 1. The van der Waals surface area contributed by atoms with Crippen molar-refractivity contribution in [1.29, 1.82) is 0 Å². The molecule has 2 aromatic rings. The van der Waals surface area contributed by atoms with Gasteiger partial charge in [-0.1, -0.05) is 6.92 Å². The maximum atomic E-state index is 11.8. The SMILES string of the molecule is CCc1cnc(CCNC(=O)c2csc(CN)n2)s1.Cl.Cl. The molecule has 0 saturated carbocycles. The van der Waals surface area contributed by atoms with Crippen LogP contribution in [0.5, 0.6) is 0 Å². The van der Waals surface area contributed by atoms with Gasteiger partial charge < -0.3 is 11.1 Å². The highest BCUT2D eigenvalue weighted by Gasteiger charge is 2.09. The minimum Gasteiger partial charge on any atom is -0.350 e. The lowest BCUT2D eigenvalue weighted by Crippen LogP contribution is -2.26. The molecule has 2 aromatic heterocycles. The Bertz CT molecular complexity index is 559. The van der Waals surface area contributed by atoms with E-state index in [0.717, 1.165) is 22.9 Å². The van der Waals surface area contributed by atoms with Crippen molar-refractivity contribution in [3.8, 4) is 0 Å². The predicted octanol–water partition coefficient (Wildman–Crippen LogP) is 2.44. The molecule has 0 spiro atoms. The summed E-state index contributed by atoms with van der Waals surface area (Å²) in [5.74, 6) is -0.150. The average molecular weight is 369 g/mol. The largest absolute Gasteiger partial charge is 0.350 e. The van der Waals surface area contributed by atoms with E-state index in [-0.39, 0.29) is 30.7 Å². The highest BCUT2D eigenvalue weighted by Crippen LogP contribution is 2.13. The summed E-state index contributed by atoms with van der Waals surface area (Å²) in [6.07, 6.45) is 3.66. The van der Waals surface area contributed by atoms with Crippen LogP contribution in [0.1, 0.15) is 32.3 Å². The van der Waals surface area contributed by atoms with Crippen molar-refractivity contribution in [3.05, 3.63) is 32.2 Å². The number of nitrogens with two attached hydrogens (primary N) is 1. The first-order valence-corrected chi connectivity index (χ1v) is 7.78. The van der Waals surface area contributed by atoms with Crippen LogP contribution in [-0.2, 0) is 19.4 Å². The molecule has 0 fully saturated rings. The molecule has 0 atom stereocenters. The maximum absolute atomic E-state index is 11.8. The van der Waals surface area contributed by atoms with Crippen LogP contribution >= 0.6 is 47.5 Å². The molecule has 5 nitrogen and oxygen atoms in total. The van der Waals surface area contributed by atoms with Gasteiger partial charge in [0.05, 0.1) is 5.01 Å². The Morgan fingerprint density at radius 3 is 2.71 bits per heavy atom. The summed E-state index contributed by atoms with van der Waals surface area (Å²) in [6.45, 7) is 3.05. The molecule has 0 unspecified atom stereocenters. The van der Waals surface area contributed by atoms with Gasteiger partial charge in [0.2, 0.25) is 0 Å². The Morgan fingerprint density at radius 2 is 2.14 bits per heavy atom. The highest BCUT2D eigenvalue weighted by atomic mass is 35.5. The Kier molecular flexibility index (Phi) is 9.72.